The number of nitrogens with zero attached hydrogens (tertiary/aromatic N) is 1. The fourth-order valence-electron chi connectivity index (χ4n) is 0.894. The molecule has 0 saturated heterocycles. The van der Waals surface area contributed by atoms with Gasteiger partial charge in [0.1, 0.15) is 5.58 Å². The highest BCUT2D eigenvalue weighted by molar-refractivity contribution is 5.74. The number of hydrogen-bond donors (Lipinski definition) is 0. The van der Waals surface area contributed by atoms with Gasteiger partial charge in [-0.2, -0.15) is 4.73 Å². The van der Waals surface area contributed by atoms with E-state index in [0.717, 1.165) is 15.7 Å². The van der Waals surface area contributed by atoms with Crippen LogP contribution in [0.25, 0.3) is 11.0 Å². The number of hydrogen-bond acceptors (Lipinski definition) is 2. The topological polar surface area (TPSA) is 40.1 Å². The molecule has 0 fully saturated rings. The molecule has 0 aromatic carbocycles. The highest BCUT2D eigenvalue weighted by Crippen LogP contribution is 2.10. The minimum atomic E-state index is 0.743. The van der Waals surface area contributed by atoms with Crippen LogP contribution in [0, 0.1) is 5.21 Å². The van der Waals surface area contributed by atoms with Crippen molar-refractivity contribution < 1.29 is 9.15 Å². The molecule has 0 unspecified atom stereocenters. The zero-order valence-electron chi connectivity index (χ0n) is 5.15. The average Bonchev–Trinajstić information content (AvgIpc) is 2.33. The summed E-state index contributed by atoms with van der Waals surface area (Å²) in [5.74, 6) is 0. The van der Waals surface area contributed by atoms with Crippen molar-refractivity contribution in [3.8, 4) is 0 Å². The van der Waals surface area contributed by atoms with Crippen molar-refractivity contribution in [2.75, 3.05) is 0 Å². The van der Waals surface area contributed by atoms with Gasteiger partial charge in [-0.15, -0.1) is 0 Å². The lowest BCUT2D eigenvalue weighted by Gasteiger charge is -1.91. The Morgan fingerprint density at radius 1 is 1.40 bits per heavy atom. The van der Waals surface area contributed by atoms with Crippen molar-refractivity contribution in [1.82, 2.24) is 0 Å². The van der Waals surface area contributed by atoms with Gasteiger partial charge < -0.3 is 9.62 Å². The molecule has 2 heterocycles. The maximum Gasteiger partial charge on any atom is 0.191 e. The predicted octanol–water partition coefficient (Wildman–Crippen LogP) is 1.07. The molecule has 0 atom stereocenters. The Morgan fingerprint density at radius 2 is 2.30 bits per heavy atom. The number of fused-ring (bicyclic) bond motifs is 1. The maximum absolute atomic E-state index is 10.7. The first-order valence-corrected chi connectivity index (χ1v) is 2.92. The van der Waals surface area contributed by atoms with Crippen LogP contribution < -0.4 is 4.73 Å². The van der Waals surface area contributed by atoms with Gasteiger partial charge in [-0.05, 0) is 6.07 Å². The second-order valence-corrected chi connectivity index (χ2v) is 2.04. The Labute approximate surface area is 57.1 Å². The molecule has 0 spiro atoms. The molecule has 0 aliphatic rings. The van der Waals surface area contributed by atoms with Gasteiger partial charge in [0.2, 0.25) is 0 Å². The summed E-state index contributed by atoms with van der Waals surface area (Å²) < 4.78 is 5.77. The Bertz CT molecular complexity index is 353. The SMILES string of the molecule is [O-][n+]1ccc2occc2c1. The van der Waals surface area contributed by atoms with Crippen molar-refractivity contribution in [1.29, 1.82) is 0 Å². The lowest BCUT2D eigenvalue weighted by atomic mass is 10.3. The van der Waals surface area contributed by atoms with E-state index in [-0.39, 0.29) is 0 Å². The Balaban J connectivity index is 2.86. The third kappa shape index (κ3) is 0.639. The van der Waals surface area contributed by atoms with E-state index in [1.54, 1.807) is 18.4 Å². The Hall–Kier alpha value is -1.51. The van der Waals surface area contributed by atoms with Crippen molar-refractivity contribution in [3.63, 3.8) is 0 Å². The normalized spacial score (nSPS) is 10.4. The van der Waals surface area contributed by atoms with Crippen LogP contribution >= 0.6 is 0 Å². The predicted molar refractivity (Wildman–Crippen MR) is 35.2 cm³/mol. The first-order chi connectivity index (χ1) is 4.86. The molecule has 3 nitrogen and oxygen atoms in total. The summed E-state index contributed by atoms with van der Waals surface area (Å²) in [7, 11) is 0. The van der Waals surface area contributed by atoms with E-state index in [1.807, 2.05) is 0 Å². The van der Waals surface area contributed by atoms with Crippen molar-refractivity contribution in [2.45, 2.75) is 0 Å². The van der Waals surface area contributed by atoms with Gasteiger partial charge >= 0.3 is 0 Å². The number of pyridine rings is 1. The molecule has 0 saturated carbocycles. The molecule has 0 radical (unpaired) electrons. The van der Waals surface area contributed by atoms with E-state index >= 15 is 0 Å². The average molecular weight is 135 g/mol. The molecule has 0 aliphatic carbocycles. The molecule has 2 rings (SSSR count). The van der Waals surface area contributed by atoms with Crippen LogP contribution in [0.1, 0.15) is 0 Å². The minimum absolute atomic E-state index is 0.743. The fraction of sp³-hybridized carbons (Fsp3) is 0. The maximum atomic E-state index is 10.7. The van der Waals surface area contributed by atoms with Crippen LogP contribution in [0.3, 0.4) is 0 Å². The van der Waals surface area contributed by atoms with Crippen molar-refractivity contribution >= 4 is 11.0 Å². The van der Waals surface area contributed by atoms with Crippen molar-refractivity contribution in [3.05, 3.63) is 36.0 Å². The van der Waals surface area contributed by atoms with Crippen LogP contribution in [0.4, 0.5) is 0 Å². The molecular weight excluding hydrogens is 130 g/mol. The molecule has 0 aliphatic heterocycles. The van der Waals surface area contributed by atoms with Gasteiger partial charge in [-0.25, -0.2) is 0 Å². The minimum Gasteiger partial charge on any atom is -0.619 e. The summed E-state index contributed by atoms with van der Waals surface area (Å²) in [6.45, 7) is 0. The van der Waals surface area contributed by atoms with E-state index in [2.05, 4.69) is 0 Å². The Morgan fingerprint density at radius 3 is 3.20 bits per heavy atom. The van der Waals surface area contributed by atoms with Gasteiger partial charge in [0, 0.05) is 6.07 Å². The van der Waals surface area contributed by atoms with Crippen molar-refractivity contribution in [2.24, 2.45) is 0 Å². The zero-order chi connectivity index (χ0) is 6.97. The fourth-order valence-corrected chi connectivity index (χ4v) is 0.894. The highest BCUT2D eigenvalue weighted by atomic mass is 16.5. The summed E-state index contributed by atoms with van der Waals surface area (Å²) in [5, 5.41) is 11.5. The van der Waals surface area contributed by atoms with Gasteiger partial charge in [0.25, 0.3) is 0 Å². The van der Waals surface area contributed by atoms with Crippen LogP contribution in [0.2, 0.25) is 0 Å². The second kappa shape index (κ2) is 1.73. The summed E-state index contributed by atoms with van der Waals surface area (Å²) in [5.41, 5.74) is 0.743. The van der Waals surface area contributed by atoms with E-state index in [1.165, 1.54) is 12.4 Å². The zero-order valence-corrected chi connectivity index (χ0v) is 5.15. The van der Waals surface area contributed by atoms with Crippen LogP contribution in [0.15, 0.2) is 35.2 Å². The summed E-state index contributed by atoms with van der Waals surface area (Å²) >= 11 is 0. The molecule has 0 bridgehead atoms. The standard InChI is InChI=1S/C7H5NO2/c9-8-3-1-7-6(5-8)2-4-10-7/h1-5H. The molecule has 0 N–H and O–H groups in total. The second-order valence-electron chi connectivity index (χ2n) is 2.04. The largest absolute Gasteiger partial charge is 0.619 e. The summed E-state index contributed by atoms with van der Waals surface area (Å²) in [4.78, 5) is 0. The smallest absolute Gasteiger partial charge is 0.191 e. The van der Waals surface area contributed by atoms with Gasteiger partial charge in [0.05, 0.1) is 11.6 Å². The van der Waals surface area contributed by atoms with Crippen LogP contribution in [-0.2, 0) is 0 Å². The van der Waals surface area contributed by atoms with Gasteiger partial charge in [-0.3, -0.25) is 0 Å². The number of rotatable bonds is 0. The number of furan rings is 1. The lowest BCUT2D eigenvalue weighted by molar-refractivity contribution is -0.603. The molecular formula is C7H5NO2. The first kappa shape index (κ1) is 5.29. The van der Waals surface area contributed by atoms with Crippen LogP contribution in [0.5, 0.6) is 0 Å². The molecule has 2 aromatic rings. The Kier molecular flexibility index (Phi) is 0.917. The molecule has 50 valence electrons. The summed E-state index contributed by atoms with van der Waals surface area (Å²) in [6, 6.07) is 3.39. The van der Waals surface area contributed by atoms with E-state index in [4.69, 9.17) is 4.42 Å². The molecule has 0 amide bonds. The third-order valence-corrected chi connectivity index (χ3v) is 1.37. The third-order valence-electron chi connectivity index (χ3n) is 1.37. The first-order valence-electron chi connectivity index (χ1n) is 2.92. The van der Waals surface area contributed by atoms with Crippen LogP contribution in [-0.4, -0.2) is 0 Å². The van der Waals surface area contributed by atoms with E-state index < -0.39 is 0 Å². The van der Waals surface area contributed by atoms with Gasteiger partial charge in [0.15, 0.2) is 12.4 Å². The quantitative estimate of drug-likeness (QED) is 0.400. The summed E-state index contributed by atoms with van der Waals surface area (Å²) in [6.07, 6.45) is 4.44. The number of aromatic nitrogens is 1. The molecule has 10 heavy (non-hydrogen) atoms. The molecule has 2 aromatic heterocycles. The van der Waals surface area contributed by atoms with Gasteiger partial charge in [-0.1, -0.05) is 0 Å². The monoisotopic (exact) mass is 135 g/mol. The van der Waals surface area contributed by atoms with E-state index in [0.29, 0.717) is 0 Å². The molecule has 3 heteroatoms. The highest BCUT2D eigenvalue weighted by Gasteiger charge is 1.97. The van der Waals surface area contributed by atoms with E-state index in [9.17, 15) is 5.21 Å². The lowest BCUT2D eigenvalue weighted by Crippen LogP contribution is -2.23.